The second kappa shape index (κ2) is 9.44. The average molecular weight is 465 g/mol. The van der Waals surface area contributed by atoms with Crippen molar-refractivity contribution >= 4 is 39.3 Å². The summed E-state index contributed by atoms with van der Waals surface area (Å²) in [5.41, 5.74) is 2.22. The van der Waals surface area contributed by atoms with E-state index < -0.39 is 0 Å². The van der Waals surface area contributed by atoms with Crippen molar-refractivity contribution in [1.29, 1.82) is 0 Å². The van der Waals surface area contributed by atoms with E-state index in [-0.39, 0.29) is 0 Å². The first-order valence-electron chi connectivity index (χ1n) is 8.36. The van der Waals surface area contributed by atoms with Crippen LogP contribution >= 0.6 is 39.3 Å². The van der Waals surface area contributed by atoms with Crippen molar-refractivity contribution in [2.24, 2.45) is 0 Å². The summed E-state index contributed by atoms with van der Waals surface area (Å²) < 4.78 is 9.03. The first kappa shape index (κ1) is 20.0. The van der Waals surface area contributed by atoms with Crippen LogP contribution in [0.2, 0.25) is 5.02 Å². The molecule has 0 aliphatic heterocycles. The van der Waals surface area contributed by atoms with Gasteiger partial charge in [0.15, 0.2) is 11.0 Å². The fourth-order valence-corrected chi connectivity index (χ4v) is 3.90. The van der Waals surface area contributed by atoms with Crippen LogP contribution in [0, 0.1) is 6.92 Å². The molecule has 0 saturated carbocycles. The third-order valence-electron chi connectivity index (χ3n) is 3.88. The number of aryl methyl sites for hydroxylation is 1. The van der Waals surface area contributed by atoms with E-state index in [0.29, 0.717) is 18.2 Å². The molecule has 4 nitrogen and oxygen atoms in total. The molecule has 0 spiro atoms. The molecule has 0 atom stereocenters. The number of rotatable bonds is 8. The molecule has 0 aliphatic rings. The van der Waals surface area contributed by atoms with Crippen LogP contribution in [0.25, 0.3) is 0 Å². The molecule has 1 heterocycles. The zero-order valence-electron chi connectivity index (χ0n) is 14.9. The molecule has 7 heteroatoms. The van der Waals surface area contributed by atoms with Gasteiger partial charge in [-0.05, 0) is 48.4 Å². The van der Waals surface area contributed by atoms with Gasteiger partial charge in [-0.1, -0.05) is 57.5 Å². The summed E-state index contributed by atoms with van der Waals surface area (Å²) in [4.78, 5) is 0. The van der Waals surface area contributed by atoms with Crippen LogP contribution in [-0.4, -0.2) is 14.8 Å². The molecule has 2 aromatic carbocycles. The second-order valence-corrected chi connectivity index (χ2v) is 8.21. The largest absolute Gasteiger partial charge is 0.485 e. The van der Waals surface area contributed by atoms with Gasteiger partial charge in [0.1, 0.15) is 12.4 Å². The number of halogens is 2. The van der Waals surface area contributed by atoms with Crippen LogP contribution in [0.1, 0.15) is 17.0 Å². The summed E-state index contributed by atoms with van der Waals surface area (Å²) in [5, 5.41) is 10.2. The van der Waals surface area contributed by atoms with Gasteiger partial charge in [0.05, 0.1) is 0 Å². The lowest BCUT2D eigenvalue weighted by molar-refractivity contribution is 0.287. The molecule has 0 bridgehead atoms. The fourth-order valence-electron chi connectivity index (χ4n) is 2.49. The lowest BCUT2D eigenvalue weighted by Gasteiger charge is -2.11. The molecular weight excluding hydrogens is 446 g/mol. The lowest BCUT2D eigenvalue weighted by Crippen LogP contribution is -2.08. The minimum atomic E-state index is 0.335. The van der Waals surface area contributed by atoms with E-state index in [9.17, 15) is 0 Å². The van der Waals surface area contributed by atoms with Gasteiger partial charge >= 0.3 is 0 Å². The number of hydrogen-bond acceptors (Lipinski definition) is 4. The Labute approximate surface area is 176 Å². The van der Waals surface area contributed by atoms with E-state index in [2.05, 4.69) is 44.8 Å². The van der Waals surface area contributed by atoms with Crippen molar-refractivity contribution in [3.8, 4) is 5.75 Å². The van der Waals surface area contributed by atoms with E-state index in [1.807, 2.05) is 47.9 Å². The second-order valence-electron chi connectivity index (χ2n) is 5.91. The summed E-state index contributed by atoms with van der Waals surface area (Å²) in [6.07, 6.45) is 1.84. The number of hydrogen-bond donors (Lipinski definition) is 0. The first-order chi connectivity index (χ1) is 13.1. The van der Waals surface area contributed by atoms with Gasteiger partial charge < -0.3 is 4.74 Å². The van der Waals surface area contributed by atoms with Crippen LogP contribution in [0.15, 0.2) is 64.7 Å². The third-order valence-corrected chi connectivity index (χ3v) is 5.68. The molecule has 27 heavy (non-hydrogen) atoms. The van der Waals surface area contributed by atoms with Crippen LogP contribution in [0.5, 0.6) is 5.75 Å². The Hall–Kier alpha value is -1.76. The summed E-state index contributed by atoms with van der Waals surface area (Å²) in [6.45, 7) is 6.78. The van der Waals surface area contributed by atoms with Gasteiger partial charge in [-0.15, -0.1) is 16.8 Å². The number of ether oxygens (including phenoxy) is 1. The quantitative estimate of drug-likeness (QED) is 0.300. The minimum absolute atomic E-state index is 0.335. The summed E-state index contributed by atoms with van der Waals surface area (Å²) in [7, 11) is 0. The summed E-state index contributed by atoms with van der Waals surface area (Å²) >= 11 is 11.1. The van der Waals surface area contributed by atoms with Crippen LogP contribution in [0.3, 0.4) is 0 Å². The molecule has 0 N–H and O–H groups in total. The molecule has 0 saturated heterocycles. The molecular formula is C20H19BrClN3OS. The van der Waals surface area contributed by atoms with Gasteiger partial charge in [0, 0.05) is 21.8 Å². The fraction of sp³-hybridized carbons (Fsp3) is 0.200. The number of benzene rings is 2. The van der Waals surface area contributed by atoms with E-state index >= 15 is 0 Å². The Morgan fingerprint density at radius 2 is 2.00 bits per heavy atom. The molecule has 0 amide bonds. The third kappa shape index (κ3) is 5.37. The van der Waals surface area contributed by atoms with E-state index in [0.717, 1.165) is 32.5 Å². The maximum absolute atomic E-state index is 6.00. The Balaban J connectivity index is 1.70. The minimum Gasteiger partial charge on any atom is -0.485 e. The van der Waals surface area contributed by atoms with Crippen molar-refractivity contribution in [3.05, 3.63) is 81.6 Å². The average Bonchev–Trinajstić information content (AvgIpc) is 3.03. The SMILES string of the molecule is C=CCn1c(COc2ccc(Cl)cc2C)nnc1SCc1ccc(Br)cc1. The topological polar surface area (TPSA) is 39.9 Å². The Kier molecular flexibility index (Phi) is 6.99. The highest BCUT2D eigenvalue weighted by Crippen LogP contribution is 2.25. The van der Waals surface area contributed by atoms with Crippen molar-refractivity contribution in [3.63, 3.8) is 0 Å². The van der Waals surface area contributed by atoms with Gasteiger partial charge in [0.25, 0.3) is 0 Å². The Morgan fingerprint density at radius 1 is 1.22 bits per heavy atom. The van der Waals surface area contributed by atoms with Gasteiger partial charge in [0.2, 0.25) is 0 Å². The van der Waals surface area contributed by atoms with Crippen LogP contribution in [0.4, 0.5) is 0 Å². The molecule has 0 aliphatic carbocycles. The zero-order chi connectivity index (χ0) is 19.2. The van der Waals surface area contributed by atoms with Crippen molar-refractivity contribution in [1.82, 2.24) is 14.8 Å². The summed E-state index contributed by atoms with van der Waals surface area (Å²) in [6, 6.07) is 13.8. The molecule has 0 radical (unpaired) electrons. The molecule has 0 fully saturated rings. The Bertz CT molecular complexity index is 927. The maximum Gasteiger partial charge on any atom is 0.191 e. The molecule has 0 unspecified atom stereocenters. The monoisotopic (exact) mass is 463 g/mol. The van der Waals surface area contributed by atoms with E-state index in [4.69, 9.17) is 16.3 Å². The van der Waals surface area contributed by atoms with Gasteiger partial charge in [-0.2, -0.15) is 0 Å². The van der Waals surface area contributed by atoms with Gasteiger partial charge in [-0.3, -0.25) is 4.57 Å². The zero-order valence-corrected chi connectivity index (χ0v) is 18.0. The highest BCUT2D eigenvalue weighted by Gasteiger charge is 2.13. The Morgan fingerprint density at radius 3 is 2.70 bits per heavy atom. The highest BCUT2D eigenvalue weighted by molar-refractivity contribution is 9.10. The molecule has 3 rings (SSSR count). The summed E-state index contributed by atoms with van der Waals surface area (Å²) in [5.74, 6) is 2.37. The first-order valence-corrected chi connectivity index (χ1v) is 10.5. The number of nitrogens with zero attached hydrogens (tertiary/aromatic N) is 3. The van der Waals surface area contributed by atoms with Crippen LogP contribution in [-0.2, 0) is 18.9 Å². The molecule has 3 aromatic rings. The lowest BCUT2D eigenvalue weighted by atomic mass is 10.2. The van der Waals surface area contributed by atoms with Crippen molar-refractivity contribution in [2.45, 2.75) is 31.0 Å². The van der Waals surface area contributed by atoms with Crippen molar-refractivity contribution in [2.75, 3.05) is 0 Å². The standard InChI is InChI=1S/C20H19BrClN3OS/c1-3-10-25-19(12-26-18-9-8-17(22)11-14(18)2)23-24-20(25)27-13-15-4-6-16(21)7-5-15/h3-9,11H,1,10,12-13H2,2H3. The van der Waals surface area contributed by atoms with E-state index in [1.165, 1.54) is 5.56 Å². The molecule has 140 valence electrons. The predicted octanol–water partition coefficient (Wildman–Crippen LogP) is 6.06. The highest BCUT2D eigenvalue weighted by atomic mass is 79.9. The number of allylic oxidation sites excluding steroid dienone is 1. The van der Waals surface area contributed by atoms with Crippen molar-refractivity contribution < 1.29 is 4.74 Å². The van der Waals surface area contributed by atoms with Gasteiger partial charge in [-0.25, -0.2) is 0 Å². The van der Waals surface area contributed by atoms with E-state index in [1.54, 1.807) is 11.8 Å². The predicted molar refractivity (Wildman–Crippen MR) is 114 cm³/mol. The maximum atomic E-state index is 6.00. The smallest absolute Gasteiger partial charge is 0.191 e. The normalized spacial score (nSPS) is 10.8. The number of aromatic nitrogens is 3. The van der Waals surface area contributed by atoms with Crippen LogP contribution < -0.4 is 4.74 Å². The molecule has 1 aromatic heterocycles. The number of thioether (sulfide) groups is 1.